The van der Waals surface area contributed by atoms with Crippen molar-refractivity contribution in [1.29, 1.82) is 0 Å². The molecule has 0 saturated heterocycles. The number of amides is 1. The predicted octanol–water partition coefficient (Wildman–Crippen LogP) is 0.789. The van der Waals surface area contributed by atoms with E-state index in [0.29, 0.717) is 6.54 Å². The third-order valence-corrected chi connectivity index (χ3v) is 3.15. The number of hydrogen-bond acceptors (Lipinski definition) is 3. The van der Waals surface area contributed by atoms with Crippen LogP contribution in [0.3, 0.4) is 0 Å². The quantitative estimate of drug-likeness (QED) is 0.707. The molecule has 0 aliphatic rings. The van der Waals surface area contributed by atoms with E-state index >= 15 is 0 Å². The number of aromatic amines is 1. The molecule has 1 aromatic rings. The molecule has 5 nitrogen and oxygen atoms in total. The lowest BCUT2D eigenvalue weighted by molar-refractivity contribution is -0.132. The van der Waals surface area contributed by atoms with E-state index in [1.54, 1.807) is 12.4 Å². The molecule has 1 amide bonds. The number of nitrogens with one attached hydrogen (secondary N) is 2. The van der Waals surface area contributed by atoms with Crippen LogP contribution in [0, 0.1) is 5.41 Å². The maximum absolute atomic E-state index is 12.0. The Balaban J connectivity index is 2.59. The van der Waals surface area contributed by atoms with Gasteiger partial charge in [-0.3, -0.25) is 4.79 Å². The first-order valence-electron chi connectivity index (χ1n) is 5.30. The zero-order chi connectivity index (χ0) is 12.4. The van der Waals surface area contributed by atoms with E-state index < -0.39 is 11.0 Å². The highest BCUT2D eigenvalue weighted by Gasteiger charge is 2.40. The summed E-state index contributed by atoms with van der Waals surface area (Å²) in [5, 5.41) is 2.82. The summed E-state index contributed by atoms with van der Waals surface area (Å²) in [7, 11) is 0. The first kappa shape index (κ1) is 12.7. The molecule has 1 heterocycles. The van der Waals surface area contributed by atoms with Crippen LogP contribution in [0.1, 0.15) is 33.5 Å². The summed E-state index contributed by atoms with van der Waals surface area (Å²) in [5.74, 6) is 0.662. The number of aromatic nitrogens is 2. The fourth-order valence-electron chi connectivity index (χ4n) is 1.07. The smallest absolute Gasteiger partial charge is 0.227 e. The lowest BCUT2D eigenvalue weighted by Crippen LogP contribution is -2.55. The Kier molecular flexibility index (Phi) is 3.38. The van der Waals surface area contributed by atoms with E-state index in [2.05, 4.69) is 15.3 Å². The van der Waals surface area contributed by atoms with E-state index in [-0.39, 0.29) is 5.91 Å². The van der Waals surface area contributed by atoms with Crippen LogP contribution in [-0.4, -0.2) is 21.4 Å². The topological polar surface area (TPSA) is 83.8 Å². The number of rotatable bonds is 4. The summed E-state index contributed by atoms with van der Waals surface area (Å²) in [5.41, 5.74) is 4.78. The van der Waals surface area contributed by atoms with Crippen molar-refractivity contribution in [2.75, 3.05) is 0 Å². The van der Waals surface area contributed by atoms with Gasteiger partial charge in [0.25, 0.3) is 0 Å². The molecule has 90 valence electrons. The lowest BCUT2D eigenvalue weighted by atomic mass is 9.74. The fraction of sp³-hybridized carbons (Fsp3) is 0.636. The third kappa shape index (κ3) is 2.61. The van der Waals surface area contributed by atoms with Gasteiger partial charge in [0.15, 0.2) is 0 Å². The molecule has 0 aliphatic carbocycles. The fourth-order valence-corrected chi connectivity index (χ4v) is 1.07. The minimum atomic E-state index is -0.625. The van der Waals surface area contributed by atoms with Crippen molar-refractivity contribution in [1.82, 2.24) is 15.3 Å². The van der Waals surface area contributed by atoms with Crippen LogP contribution in [0.2, 0.25) is 0 Å². The van der Waals surface area contributed by atoms with Crippen molar-refractivity contribution in [3.05, 3.63) is 18.2 Å². The summed E-state index contributed by atoms with van der Waals surface area (Å²) in [6.07, 6.45) is 3.37. The zero-order valence-electron chi connectivity index (χ0n) is 10.3. The Labute approximate surface area is 95.8 Å². The Morgan fingerprint density at radius 3 is 2.56 bits per heavy atom. The van der Waals surface area contributed by atoms with Gasteiger partial charge >= 0.3 is 0 Å². The maximum atomic E-state index is 12.0. The minimum Gasteiger partial charge on any atom is -0.348 e. The summed E-state index contributed by atoms with van der Waals surface area (Å²) in [6.45, 7) is 7.76. The molecule has 4 N–H and O–H groups in total. The minimum absolute atomic E-state index is 0.0728. The summed E-state index contributed by atoms with van der Waals surface area (Å²) < 4.78 is 0. The molecule has 1 rings (SSSR count). The SMILES string of the molecule is CC(C)(N)C(C)(C)C(=O)NCc1ncc[nH]1. The van der Waals surface area contributed by atoms with Gasteiger partial charge in [-0.15, -0.1) is 0 Å². The molecule has 0 saturated carbocycles. The zero-order valence-corrected chi connectivity index (χ0v) is 10.3. The molecule has 0 fully saturated rings. The van der Waals surface area contributed by atoms with Gasteiger partial charge in [-0.25, -0.2) is 4.98 Å². The molecule has 0 aromatic carbocycles. The van der Waals surface area contributed by atoms with E-state index in [9.17, 15) is 4.79 Å². The largest absolute Gasteiger partial charge is 0.348 e. The van der Waals surface area contributed by atoms with E-state index in [4.69, 9.17) is 5.73 Å². The van der Waals surface area contributed by atoms with Crippen LogP contribution in [0.4, 0.5) is 0 Å². The van der Waals surface area contributed by atoms with Crippen molar-refractivity contribution < 1.29 is 4.79 Å². The van der Waals surface area contributed by atoms with Gasteiger partial charge in [0.05, 0.1) is 12.0 Å². The molecule has 1 aromatic heterocycles. The number of nitrogens with zero attached hydrogens (tertiary/aromatic N) is 1. The monoisotopic (exact) mass is 224 g/mol. The van der Waals surface area contributed by atoms with Gasteiger partial charge in [-0.2, -0.15) is 0 Å². The molecule has 0 radical (unpaired) electrons. The number of imidazole rings is 1. The van der Waals surface area contributed by atoms with Gasteiger partial charge in [-0.1, -0.05) is 0 Å². The Bertz CT molecular complexity index is 349. The van der Waals surface area contributed by atoms with E-state index in [1.807, 2.05) is 27.7 Å². The summed E-state index contributed by atoms with van der Waals surface area (Å²) in [4.78, 5) is 18.9. The van der Waals surface area contributed by atoms with Gasteiger partial charge in [0, 0.05) is 17.9 Å². The van der Waals surface area contributed by atoms with Crippen molar-refractivity contribution in [2.45, 2.75) is 39.8 Å². The van der Waals surface area contributed by atoms with Gasteiger partial charge < -0.3 is 16.0 Å². The molecule has 0 bridgehead atoms. The predicted molar refractivity (Wildman–Crippen MR) is 62.5 cm³/mol. The second kappa shape index (κ2) is 4.25. The van der Waals surface area contributed by atoms with Crippen molar-refractivity contribution in [3.8, 4) is 0 Å². The molecule has 0 atom stereocenters. The van der Waals surface area contributed by atoms with E-state index in [1.165, 1.54) is 0 Å². The van der Waals surface area contributed by atoms with Crippen molar-refractivity contribution >= 4 is 5.91 Å². The second-order valence-corrected chi connectivity index (χ2v) is 5.07. The molecule has 0 spiro atoms. The number of hydrogen-bond donors (Lipinski definition) is 3. The molecular weight excluding hydrogens is 204 g/mol. The Morgan fingerprint density at radius 1 is 1.50 bits per heavy atom. The van der Waals surface area contributed by atoms with Crippen LogP contribution in [0.15, 0.2) is 12.4 Å². The van der Waals surface area contributed by atoms with Crippen molar-refractivity contribution in [3.63, 3.8) is 0 Å². The Hall–Kier alpha value is -1.36. The van der Waals surface area contributed by atoms with Crippen molar-refractivity contribution in [2.24, 2.45) is 11.1 Å². The van der Waals surface area contributed by atoms with Gasteiger partial charge in [0.2, 0.25) is 5.91 Å². The molecule has 16 heavy (non-hydrogen) atoms. The lowest BCUT2D eigenvalue weighted by Gasteiger charge is -2.36. The Morgan fingerprint density at radius 2 is 2.12 bits per heavy atom. The number of carbonyl (C=O) groups excluding carboxylic acids is 1. The number of H-pyrrole nitrogens is 1. The molecule has 0 unspecified atom stereocenters. The van der Waals surface area contributed by atoms with E-state index in [0.717, 1.165) is 5.82 Å². The highest BCUT2D eigenvalue weighted by molar-refractivity contribution is 5.83. The summed E-state index contributed by atoms with van der Waals surface area (Å²) >= 11 is 0. The first-order valence-corrected chi connectivity index (χ1v) is 5.30. The van der Waals surface area contributed by atoms with Crippen LogP contribution >= 0.6 is 0 Å². The third-order valence-electron chi connectivity index (χ3n) is 3.15. The average molecular weight is 224 g/mol. The average Bonchev–Trinajstić information content (AvgIpc) is 2.64. The van der Waals surface area contributed by atoms with Gasteiger partial charge in [0.1, 0.15) is 5.82 Å². The van der Waals surface area contributed by atoms with Gasteiger partial charge in [-0.05, 0) is 27.7 Å². The molecular formula is C11H20N4O. The normalized spacial score (nSPS) is 12.6. The van der Waals surface area contributed by atoms with Crippen LogP contribution in [0.25, 0.3) is 0 Å². The maximum Gasteiger partial charge on any atom is 0.227 e. The second-order valence-electron chi connectivity index (χ2n) is 5.07. The first-order chi connectivity index (χ1) is 7.25. The number of carbonyl (C=O) groups is 1. The van der Waals surface area contributed by atoms with Crippen LogP contribution in [-0.2, 0) is 11.3 Å². The molecule has 0 aliphatic heterocycles. The summed E-state index contributed by atoms with van der Waals surface area (Å²) in [6, 6.07) is 0. The molecule has 5 heteroatoms. The van der Waals surface area contributed by atoms with Crippen LogP contribution < -0.4 is 11.1 Å². The highest BCUT2D eigenvalue weighted by Crippen LogP contribution is 2.28. The standard InChI is InChI=1S/C11H20N4O/c1-10(2,11(3,4)12)9(16)15-7-8-13-5-6-14-8/h5-6H,7,12H2,1-4H3,(H,13,14)(H,15,16). The van der Waals surface area contributed by atoms with Crippen LogP contribution in [0.5, 0.6) is 0 Å². The number of nitrogens with two attached hydrogens (primary N) is 1. The highest BCUT2D eigenvalue weighted by atomic mass is 16.2.